The predicted octanol–water partition coefficient (Wildman–Crippen LogP) is 3.98. The summed E-state index contributed by atoms with van der Waals surface area (Å²) in [5, 5.41) is 2.89. The lowest BCUT2D eigenvalue weighted by Crippen LogP contribution is -2.67. The van der Waals surface area contributed by atoms with E-state index in [4.69, 9.17) is 10.5 Å². The average molecular weight is 361 g/mol. The normalized spacial score (nSPS) is 15.5. The number of nitrogens with zero attached hydrogens (tertiary/aromatic N) is 2. The Morgan fingerprint density at radius 1 is 1.20 bits per heavy atom. The molecule has 3 rings (SSSR count). The molecule has 0 aliphatic carbocycles. The monoisotopic (exact) mass is 361 g/mol. The largest absolute Gasteiger partial charge is 0.480 e. The Morgan fingerprint density at radius 2 is 1.96 bits per heavy atom. The molecule has 132 valence electrons. The fourth-order valence-electron chi connectivity index (χ4n) is 3.04. The molecule has 5 nitrogen and oxygen atoms in total. The number of hydrogen-bond donors (Lipinski definition) is 1. The summed E-state index contributed by atoms with van der Waals surface area (Å²) in [6.45, 7) is 1.72. The molecule has 2 aromatic carbocycles. The molecule has 1 fully saturated rings. The Balaban J connectivity index is 1.64. The smallest absolute Gasteiger partial charge is 0.164 e. The van der Waals surface area contributed by atoms with Crippen LogP contribution >= 0.6 is 12.1 Å². The quantitative estimate of drug-likeness (QED) is 0.569. The first-order valence-electron chi connectivity index (χ1n) is 8.03. The highest BCUT2D eigenvalue weighted by molar-refractivity contribution is 7.94. The summed E-state index contributed by atoms with van der Waals surface area (Å²) in [6, 6.07) is 15.8. The summed E-state index contributed by atoms with van der Waals surface area (Å²) in [6.07, 6.45) is 0.620. The second-order valence-corrected chi connectivity index (χ2v) is 6.72. The lowest BCUT2D eigenvalue weighted by atomic mass is 9.87. The first kappa shape index (κ1) is 17.7. The van der Waals surface area contributed by atoms with Crippen molar-refractivity contribution in [3.05, 3.63) is 53.4 Å². The van der Waals surface area contributed by atoms with Crippen molar-refractivity contribution in [2.24, 2.45) is 10.9 Å². The number of ether oxygens (including phenoxy) is 1. The molecule has 0 unspecified atom stereocenters. The standard InChI is InChI=1S/C18H20FN3O2S/c19-25-13-24-17-3-1-2-15(10-17)14-4-6-16(7-5-14)22-11-18(20,12-22)8-9-21-23/h1-7,10H,8-9,11-13,20H2. The van der Waals surface area contributed by atoms with Gasteiger partial charge >= 0.3 is 0 Å². The molecule has 1 heterocycles. The van der Waals surface area contributed by atoms with Gasteiger partial charge in [0.2, 0.25) is 0 Å². The van der Waals surface area contributed by atoms with Gasteiger partial charge in [-0.05, 0) is 41.8 Å². The Morgan fingerprint density at radius 3 is 2.64 bits per heavy atom. The highest BCUT2D eigenvalue weighted by atomic mass is 32.2. The van der Waals surface area contributed by atoms with Crippen molar-refractivity contribution >= 4 is 17.8 Å². The van der Waals surface area contributed by atoms with Crippen molar-refractivity contribution in [2.75, 3.05) is 30.5 Å². The van der Waals surface area contributed by atoms with Crippen molar-refractivity contribution < 1.29 is 8.62 Å². The topological polar surface area (TPSA) is 67.9 Å². The van der Waals surface area contributed by atoms with E-state index in [2.05, 4.69) is 22.2 Å². The summed E-state index contributed by atoms with van der Waals surface area (Å²) >= 11 is 0.156. The van der Waals surface area contributed by atoms with Crippen LogP contribution in [0.25, 0.3) is 11.1 Å². The van der Waals surface area contributed by atoms with Gasteiger partial charge in [-0.3, -0.25) is 0 Å². The number of anilines is 1. The number of nitrogens with two attached hydrogens (primary N) is 1. The predicted molar refractivity (Wildman–Crippen MR) is 100 cm³/mol. The van der Waals surface area contributed by atoms with Crippen molar-refractivity contribution in [2.45, 2.75) is 12.0 Å². The van der Waals surface area contributed by atoms with Crippen LogP contribution in [0.4, 0.5) is 9.57 Å². The molecule has 0 bridgehead atoms. The van der Waals surface area contributed by atoms with E-state index in [1.165, 1.54) is 0 Å². The molecule has 0 radical (unpaired) electrons. The van der Waals surface area contributed by atoms with Gasteiger partial charge in [0.15, 0.2) is 5.94 Å². The van der Waals surface area contributed by atoms with Gasteiger partial charge in [0.1, 0.15) is 5.75 Å². The van der Waals surface area contributed by atoms with Crippen LogP contribution < -0.4 is 15.4 Å². The summed E-state index contributed by atoms with van der Waals surface area (Å²) in [5.41, 5.74) is 9.08. The third-order valence-corrected chi connectivity index (χ3v) is 4.59. The summed E-state index contributed by atoms with van der Waals surface area (Å²) in [7, 11) is 0. The van der Waals surface area contributed by atoms with Crippen LogP contribution in [0.15, 0.2) is 53.7 Å². The maximum absolute atomic E-state index is 12.1. The fourth-order valence-corrected chi connectivity index (χ4v) is 3.22. The molecule has 25 heavy (non-hydrogen) atoms. The lowest BCUT2D eigenvalue weighted by Gasteiger charge is -2.49. The minimum atomic E-state index is -0.313. The highest BCUT2D eigenvalue weighted by Crippen LogP contribution is 2.31. The van der Waals surface area contributed by atoms with E-state index in [-0.39, 0.29) is 30.2 Å². The third kappa shape index (κ3) is 4.29. The Labute approximate surface area is 150 Å². The van der Waals surface area contributed by atoms with E-state index >= 15 is 0 Å². The van der Waals surface area contributed by atoms with Crippen molar-refractivity contribution in [3.63, 3.8) is 0 Å². The minimum Gasteiger partial charge on any atom is -0.480 e. The number of hydrogen-bond acceptors (Lipinski definition) is 6. The van der Waals surface area contributed by atoms with Crippen LogP contribution in [-0.2, 0) is 0 Å². The number of nitroso groups, excluding NO2 is 1. The van der Waals surface area contributed by atoms with Gasteiger partial charge in [-0.15, -0.1) is 0 Å². The van der Waals surface area contributed by atoms with Gasteiger partial charge in [0.25, 0.3) is 0 Å². The van der Waals surface area contributed by atoms with Gasteiger partial charge in [-0.2, -0.15) is 8.79 Å². The second kappa shape index (κ2) is 7.84. The number of rotatable bonds is 8. The molecule has 1 saturated heterocycles. The Hall–Kier alpha value is -2.12. The van der Waals surface area contributed by atoms with Gasteiger partial charge in [0.05, 0.1) is 24.2 Å². The molecule has 1 aliphatic heterocycles. The van der Waals surface area contributed by atoms with E-state index in [9.17, 15) is 8.79 Å². The first-order chi connectivity index (χ1) is 12.1. The maximum Gasteiger partial charge on any atom is 0.164 e. The average Bonchev–Trinajstić information content (AvgIpc) is 2.63. The second-order valence-electron chi connectivity index (χ2n) is 6.27. The third-order valence-electron chi connectivity index (χ3n) is 4.38. The van der Waals surface area contributed by atoms with Crippen LogP contribution in [0, 0.1) is 4.91 Å². The molecule has 1 aliphatic rings. The molecule has 0 saturated carbocycles. The van der Waals surface area contributed by atoms with E-state index in [0.717, 1.165) is 29.9 Å². The van der Waals surface area contributed by atoms with Crippen molar-refractivity contribution in [1.82, 2.24) is 0 Å². The fraction of sp³-hybridized carbons (Fsp3) is 0.333. The highest BCUT2D eigenvalue weighted by Gasteiger charge is 2.39. The molecule has 0 amide bonds. The van der Waals surface area contributed by atoms with Gasteiger partial charge < -0.3 is 15.4 Å². The summed E-state index contributed by atoms with van der Waals surface area (Å²) < 4.78 is 17.4. The molecule has 0 spiro atoms. The Bertz CT molecular complexity index is 721. The lowest BCUT2D eigenvalue weighted by molar-refractivity contribution is 0.315. The molecular weight excluding hydrogens is 341 g/mol. The van der Waals surface area contributed by atoms with Gasteiger partial charge in [0, 0.05) is 18.8 Å². The molecule has 0 aromatic heterocycles. The molecular formula is C18H20FN3O2S. The molecule has 2 aromatic rings. The zero-order chi connectivity index (χ0) is 17.7. The number of benzene rings is 2. The zero-order valence-corrected chi connectivity index (χ0v) is 14.5. The van der Waals surface area contributed by atoms with E-state index in [1.807, 2.05) is 36.4 Å². The Kier molecular flexibility index (Phi) is 5.55. The van der Waals surface area contributed by atoms with Gasteiger partial charge in [-0.1, -0.05) is 29.4 Å². The van der Waals surface area contributed by atoms with Crippen LogP contribution in [0.1, 0.15) is 6.42 Å². The number of halogens is 1. The van der Waals surface area contributed by atoms with Crippen molar-refractivity contribution in [1.29, 1.82) is 0 Å². The summed E-state index contributed by atoms with van der Waals surface area (Å²) in [4.78, 5) is 12.4. The van der Waals surface area contributed by atoms with E-state index in [0.29, 0.717) is 12.2 Å². The van der Waals surface area contributed by atoms with Crippen molar-refractivity contribution in [3.8, 4) is 16.9 Å². The van der Waals surface area contributed by atoms with Gasteiger partial charge in [-0.25, -0.2) is 0 Å². The van der Waals surface area contributed by atoms with Crippen LogP contribution in [0.5, 0.6) is 5.75 Å². The summed E-state index contributed by atoms with van der Waals surface area (Å²) in [5.74, 6) is 0.629. The van der Waals surface area contributed by atoms with E-state index in [1.54, 1.807) is 0 Å². The zero-order valence-electron chi connectivity index (χ0n) is 13.7. The maximum atomic E-state index is 12.1. The molecule has 0 atom stereocenters. The molecule has 2 N–H and O–H groups in total. The SMILES string of the molecule is NC1(CCN=O)CN(c2ccc(-c3cccc(OCSF)c3)cc2)C1. The molecule has 7 heteroatoms. The van der Waals surface area contributed by atoms with E-state index < -0.39 is 0 Å². The van der Waals surface area contributed by atoms with Crippen LogP contribution in [0.2, 0.25) is 0 Å². The van der Waals surface area contributed by atoms with Crippen LogP contribution in [-0.4, -0.2) is 31.1 Å². The first-order valence-corrected chi connectivity index (χ1v) is 8.92. The van der Waals surface area contributed by atoms with Crippen LogP contribution in [0.3, 0.4) is 0 Å². The minimum absolute atomic E-state index is 0.0161.